The molecule has 3 nitrogen and oxygen atoms in total. The summed E-state index contributed by atoms with van der Waals surface area (Å²) in [6.45, 7) is 4.55. The van der Waals surface area contributed by atoms with Crippen molar-refractivity contribution in [3.8, 4) is 5.75 Å². The highest BCUT2D eigenvalue weighted by Crippen LogP contribution is 2.42. The number of ether oxygens (including phenoxy) is 2. The summed E-state index contributed by atoms with van der Waals surface area (Å²) in [5, 5.41) is 0. The molecule has 1 heterocycles. The van der Waals surface area contributed by atoms with E-state index < -0.39 is 0 Å². The first kappa shape index (κ1) is 13.8. The molecule has 1 atom stereocenters. The van der Waals surface area contributed by atoms with Crippen LogP contribution >= 0.6 is 15.9 Å². The van der Waals surface area contributed by atoms with Crippen LogP contribution in [0.25, 0.3) is 0 Å². The molecule has 1 aromatic carbocycles. The van der Waals surface area contributed by atoms with Crippen LogP contribution in [0, 0.1) is 5.92 Å². The third-order valence-electron chi connectivity index (χ3n) is 3.99. The van der Waals surface area contributed by atoms with Gasteiger partial charge in [-0.2, -0.15) is 0 Å². The quantitative estimate of drug-likeness (QED) is 0.909. The number of methoxy groups -OCH3 is 1. The van der Waals surface area contributed by atoms with Crippen LogP contribution in [0.2, 0.25) is 0 Å². The summed E-state index contributed by atoms with van der Waals surface area (Å²) in [4.78, 5) is 0. The SMILES string of the molecule is COc1ccc(C2(C(C)CCN)COC2)cc1Br. The Morgan fingerprint density at radius 1 is 1.50 bits per heavy atom. The summed E-state index contributed by atoms with van der Waals surface area (Å²) >= 11 is 3.55. The lowest BCUT2D eigenvalue weighted by molar-refractivity contribution is -0.0883. The van der Waals surface area contributed by atoms with Gasteiger partial charge in [0.25, 0.3) is 0 Å². The second-order valence-corrected chi connectivity index (χ2v) is 5.83. The molecule has 0 aliphatic carbocycles. The molecular formula is C14H20BrNO2. The molecule has 4 heteroatoms. The van der Waals surface area contributed by atoms with Crippen molar-refractivity contribution in [3.05, 3.63) is 28.2 Å². The molecule has 0 amide bonds. The van der Waals surface area contributed by atoms with Crippen molar-refractivity contribution in [2.24, 2.45) is 11.7 Å². The predicted molar refractivity (Wildman–Crippen MR) is 76.0 cm³/mol. The number of nitrogens with two attached hydrogens (primary N) is 1. The van der Waals surface area contributed by atoms with Crippen LogP contribution in [0.1, 0.15) is 18.9 Å². The number of hydrogen-bond donors (Lipinski definition) is 1. The van der Waals surface area contributed by atoms with Crippen LogP contribution < -0.4 is 10.5 Å². The van der Waals surface area contributed by atoms with Gasteiger partial charge < -0.3 is 15.2 Å². The van der Waals surface area contributed by atoms with E-state index in [1.807, 2.05) is 6.07 Å². The minimum absolute atomic E-state index is 0.119. The second kappa shape index (κ2) is 5.59. The largest absolute Gasteiger partial charge is 0.496 e. The Morgan fingerprint density at radius 3 is 2.67 bits per heavy atom. The van der Waals surface area contributed by atoms with Gasteiger partial charge in [-0.05, 0) is 52.5 Å². The molecule has 1 unspecified atom stereocenters. The lowest BCUT2D eigenvalue weighted by Crippen LogP contribution is -2.52. The Bertz CT molecular complexity index is 418. The average molecular weight is 314 g/mol. The van der Waals surface area contributed by atoms with Crippen molar-refractivity contribution >= 4 is 15.9 Å². The second-order valence-electron chi connectivity index (χ2n) is 4.98. The first-order valence-electron chi connectivity index (χ1n) is 6.26. The Hall–Kier alpha value is -0.580. The monoisotopic (exact) mass is 313 g/mol. The standard InChI is InChI=1S/C14H20BrNO2/c1-10(5-6-16)14(8-18-9-14)11-3-4-13(17-2)12(15)7-11/h3-4,7,10H,5-6,8-9,16H2,1-2H3. The van der Waals surface area contributed by atoms with Gasteiger partial charge in [-0.3, -0.25) is 0 Å². The van der Waals surface area contributed by atoms with E-state index in [9.17, 15) is 0 Å². The Balaban J connectivity index is 2.30. The zero-order valence-corrected chi connectivity index (χ0v) is 12.5. The summed E-state index contributed by atoms with van der Waals surface area (Å²) in [6, 6.07) is 6.29. The average Bonchev–Trinajstić information content (AvgIpc) is 2.28. The highest BCUT2D eigenvalue weighted by atomic mass is 79.9. The molecule has 1 saturated heterocycles. The van der Waals surface area contributed by atoms with E-state index in [4.69, 9.17) is 15.2 Å². The number of benzene rings is 1. The number of hydrogen-bond acceptors (Lipinski definition) is 3. The van der Waals surface area contributed by atoms with Gasteiger partial charge in [0, 0.05) is 5.41 Å². The molecular weight excluding hydrogens is 294 g/mol. The van der Waals surface area contributed by atoms with Gasteiger partial charge in [-0.1, -0.05) is 13.0 Å². The lowest BCUT2D eigenvalue weighted by Gasteiger charge is -2.46. The maximum atomic E-state index is 5.69. The highest BCUT2D eigenvalue weighted by molar-refractivity contribution is 9.10. The topological polar surface area (TPSA) is 44.5 Å². The molecule has 2 rings (SSSR count). The third-order valence-corrected chi connectivity index (χ3v) is 4.61. The fourth-order valence-corrected chi connectivity index (χ4v) is 3.10. The minimum Gasteiger partial charge on any atom is -0.496 e. The first-order valence-corrected chi connectivity index (χ1v) is 7.05. The van der Waals surface area contributed by atoms with Crippen molar-refractivity contribution in [2.45, 2.75) is 18.8 Å². The molecule has 0 bridgehead atoms. The van der Waals surface area contributed by atoms with E-state index in [-0.39, 0.29) is 5.41 Å². The maximum Gasteiger partial charge on any atom is 0.133 e. The van der Waals surface area contributed by atoms with E-state index in [1.54, 1.807) is 7.11 Å². The van der Waals surface area contributed by atoms with Gasteiger partial charge in [0.05, 0.1) is 24.8 Å². The van der Waals surface area contributed by atoms with Gasteiger partial charge in [0.15, 0.2) is 0 Å². The minimum atomic E-state index is 0.119. The zero-order chi connectivity index (χ0) is 13.2. The van der Waals surface area contributed by atoms with Gasteiger partial charge in [-0.15, -0.1) is 0 Å². The Morgan fingerprint density at radius 2 is 2.22 bits per heavy atom. The smallest absolute Gasteiger partial charge is 0.133 e. The zero-order valence-electron chi connectivity index (χ0n) is 10.9. The fourth-order valence-electron chi connectivity index (χ4n) is 2.56. The molecule has 1 aromatic rings. The van der Waals surface area contributed by atoms with Crippen LogP contribution in [-0.4, -0.2) is 26.9 Å². The van der Waals surface area contributed by atoms with Crippen LogP contribution in [0.4, 0.5) is 0 Å². The summed E-state index contributed by atoms with van der Waals surface area (Å²) in [7, 11) is 1.68. The predicted octanol–water partition coefficient (Wildman–Crippen LogP) is 2.71. The first-order chi connectivity index (χ1) is 8.64. The molecule has 1 aliphatic rings. The normalized spacial score (nSPS) is 19.1. The molecule has 1 fully saturated rings. The highest BCUT2D eigenvalue weighted by Gasteiger charge is 2.44. The molecule has 0 spiro atoms. The van der Waals surface area contributed by atoms with Crippen LogP contribution in [-0.2, 0) is 10.2 Å². The van der Waals surface area contributed by atoms with Gasteiger partial charge >= 0.3 is 0 Å². The summed E-state index contributed by atoms with van der Waals surface area (Å²) < 4.78 is 11.7. The summed E-state index contributed by atoms with van der Waals surface area (Å²) in [6.07, 6.45) is 1.02. The van der Waals surface area contributed by atoms with Crippen LogP contribution in [0.15, 0.2) is 22.7 Å². The van der Waals surface area contributed by atoms with Crippen LogP contribution in [0.3, 0.4) is 0 Å². The van der Waals surface area contributed by atoms with E-state index in [1.165, 1.54) is 5.56 Å². The van der Waals surface area contributed by atoms with Gasteiger partial charge in [0.2, 0.25) is 0 Å². The van der Waals surface area contributed by atoms with E-state index in [0.717, 1.165) is 36.4 Å². The Labute approximate surface area is 117 Å². The molecule has 100 valence electrons. The third kappa shape index (κ3) is 2.29. The van der Waals surface area contributed by atoms with Crippen LogP contribution in [0.5, 0.6) is 5.75 Å². The fraction of sp³-hybridized carbons (Fsp3) is 0.571. The molecule has 18 heavy (non-hydrogen) atoms. The van der Waals surface area contributed by atoms with Crippen molar-refractivity contribution in [1.82, 2.24) is 0 Å². The Kier molecular flexibility index (Phi) is 4.30. The summed E-state index contributed by atoms with van der Waals surface area (Å²) in [5.74, 6) is 1.39. The molecule has 0 aromatic heterocycles. The van der Waals surface area contributed by atoms with Crippen molar-refractivity contribution < 1.29 is 9.47 Å². The lowest BCUT2D eigenvalue weighted by atomic mass is 9.68. The van der Waals surface area contributed by atoms with Crippen molar-refractivity contribution in [3.63, 3.8) is 0 Å². The van der Waals surface area contributed by atoms with Crippen molar-refractivity contribution in [1.29, 1.82) is 0 Å². The van der Waals surface area contributed by atoms with E-state index in [2.05, 4.69) is 35.0 Å². The molecule has 1 aliphatic heterocycles. The number of rotatable bonds is 5. The van der Waals surface area contributed by atoms with E-state index in [0.29, 0.717) is 5.92 Å². The van der Waals surface area contributed by atoms with Gasteiger partial charge in [-0.25, -0.2) is 0 Å². The number of halogens is 1. The molecule has 0 saturated carbocycles. The molecule has 2 N–H and O–H groups in total. The van der Waals surface area contributed by atoms with E-state index >= 15 is 0 Å². The molecule has 0 radical (unpaired) electrons. The van der Waals surface area contributed by atoms with Gasteiger partial charge in [0.1, 0.15) is 5.75 Å². The maximum absolute atomic E-state index is 5.69. The summed E-state index contributed by atoms with van der Waals surface area (Å²) in [5.41, 5.74) is 7.12. The van der Waals surface area contributed by atoms with Crippen molar-refractivity contribution in [2.75, 3.05) is 26.9 Å².